The number of nitrogens with zero attached hydrogens (tertiary/aromatic N) is 3. The third kappa shape index (κ3) is 6.37. The minimum absolute atomic E-state index is 0.141. The molecule has 1 heterocycles. The molecule has 0 saturated carbocycles. The van der Waals surface area contributed by atoms with E-state index in [1.165, 1.54) is 11.8 Å². The first-order valence-electron chi connectivity index (χ1n) is 11.3. The molecule has 186 valence electrons. The monoisotopic (exact) mass is 504 g/mol. The molecule has 0 fully saturated rings. The number of ether oxygens (including phenoxy) is 3. The molecule has 0 aliphatic rings. The summed E-state index contributed by atoms with van der Waals surface area (Å²) in [6.45, 7) is 4.30. The Labute approximate surface area is 214 Å². The summed E-state index contributed by atoms with van der Waals surface area (Å²) in [5, 5.41) is 12.2. The van der Waals surface area contributed by atoms with Crippen molar-refractivity contribution in [1.29, 1.82) is 0 Å². The fourth-order valence-corrected chi connectivity index (χ4v) is 4.20. The molecule has 0 unspecified atom stereocenters. The second-order valence-corrected chi connectivity index (χ2v) is 9.05. The van der Waals surface area contributed by atoms with E-state index in [9.17, 15) is 4.79 Å². The Bertz CT molecular complexity index is 1300. The van der Waals surface area contributed by atoms with E-state index in [1.807, 2.05) is 66.9 Å². The highest BCUT2D eigenvalue weighted by Crippen LogP contribution is 2.27. The maximum absolute atomic E-state index is 12.7. The smallest absolute Gasteiger partial charge is 0.234 e. The number of benzene rings is 3. The average Bonchev–Trinajstić information content (AvgIpc) is 3.30. The summed E-state index contributed by atoms with van der Waals surface area (Å²) >= 11 is 1.30. The summed E-state index contributed by atoms with van der Waals surface area (Å²) in [6.07, 6.45) is 0. The summed E-state index contributed by atoms with van der Waals surface area (Å²) in [5.74, 6) is 2.53. The molecule has 0 saturated heterocycles. The quantitative estimate of drug-likeness (QED) is 0.297. The molecule has 4 rings (SSSR count). The minimum atomic E-state index is -0.189. The van der Waals surface area contributed by atoms with Crippen molar-refractivity contribution in [2.24, 2.45) is 0 Å². The summed E-state index contributed by atoms with van der Waals surface area (Å²) in [7, 11) is 3.13. The van der Waals surface area contributed by atoms with Crippen LogP contribution in [0.2, 0.25) is 0 Å². The zero-order valence-electron chi connectivity index (χ0n) is 20.6. The van der Waals surface area contributed by atoms with Crippen LogP contribution in [0, 0.1) is 13.8 Å². The molecule has 3 aromatic carbocycles. The molecular formula is C27H28N4O4S. The number of amides is 1. The Morgan fingerprint density at radius 3 is 2.08 bits per heavy atom. The molecule has 0 atom stereocenters. The van der Waals surface area contributed by atoms with Gasteiger partial charge >= 0.3 is 0 Å². The van der Waals surface area contributed by atoms with Crippen LogP contribution >= 0.6 is 11.8 Å². The van der Waals surface area contributed by atoms with Gasteiger partial charge in [0.2, 0.25) is 5.91 Å². The van der Waals surface area contributed by atoms with E-state index in [0.717, 1.165) is 22.6 Å². The highest BCUT2D eigenvalue weighted by molar-refractivity contribution is 7.99. The molecule has 0 radical (unpaired) electrons. The van der Waals surface area contributed by atoms with Crippen LogP contribution in [-0.4, -0.2) is 40.6 Å². The Balaban J connectivity index is 1.50. The van der Waals surface area contributed by atoms with Gasteiger partial charge in [0, 0.05) is 29.6 Å². The van der Waals surface area contributed by atoms with Crippen LogP contribution in [0.15, 0.2) is 71.9 Å². The fraction of sp³-hybridized carbons (Fsp3) is 0.222. The van der Waals surface area contributed by atoms with Crippen molar-refractivity contribution < 1.29 is 19.0 Å². The van der Waals surface area contributed by atoms with Crippen molar-refractivity contribution in [1.82, 2.24) is 14.8 Å². The Kier molecular flexibility index (Phi) is 8.12. The lowest BCUT2D eigenvalue weighted by Crippen LogP contribution is -2.15. The normalized spacial score (nSPS) is 10.7. The maximum atomic E-state index is 12.7. The standard InChI is InChI=1S/C27H28N4O4S/c1-18-5-9-21(10-6-18)31-25(16-35-22-11-7-19(2)8-12-22)29-30-27(31)36-17-26(32)28-20-13-23(33-3)15-24(14-20)34-4/h5-15H,16-17H2,1-4H3,(H,28,32). The van der Waals surface area contributed by atoms with E-state index >= 15 is 0 Å². The van der Waals surface area contributed by atoms with Crippen LogP contribution < -0.4 is 19.5 Å². The van der Waals surface area contributed by atoms with Crippen molar-refractivity contribution in [3.8, 4) is 22.9 Å². The first-order chi connectivity index (χ1) is 17.4. The van der Waals surface area contributed by atoms with Crippen LogP contribution in [-0.2, 0) is 11.4 Å². The SMILES string of the molecule is COc1cc(NC(=O)CSc2nnc(COc3ccc(C)cc3)n2-c2ccc(C)cc2)cc(OC)c1. The van der Waals surface area contributed by atoms with Gasteiger partial charge in [-0.2, -0.15) is 0 Å². The minimum Gasteiger partial charge on any atom is -0.497 e. The van der Waals surface area contributed by atoms with Crippen molar-refractivity contribution in [3.63, 3.8) is 0 Å². The van der Waals surface area contributed by atoms with Crippen molar-refractivity contribution in [3.05, 3.63) is 83.7 Å². The molecule has 0 aliphatic heterocycles. The number of anilines is 1. The number of hydrogen-bond donors (Lipinski definition) is 1. The lowest BCUT2D eigenvalue weighted by molar-refractivity contribution is -0.113. The number of methoxy groups -OCH3 is 2. The van der Waals surface area contributed by atoms with Gasteiger partial charge in [-0.3, -0.25) is 9.36 Å². The van der Waals surface area contributed by atoms with Gasteiger partial charge in [0.05, 0.1) is 20.0 Å². The van der Waals surface area contributed by atoms with E-state index in [-0.39, 0.29) is 18.3 Å². The van der Waals surface area contributed by atoms with E-state index in [0.29, 0.717) is 28.2 Å². The average molecular weight is 505 g/mol. The number of carbonyl (C=O) groups excluding carboxylic acids is 1. The second kappa shape index (κ2) is 11.6. The van der Waals surface area contributed by atoms with Gasteiger partial charge in [0.25, 0.3) is 0 Å². The Morgan fingerprint density at radius 1 is 0.861 bits per heavy atom. The molecular weight excluding hydrogens is 476 g/mol. The van der Waals surface area contributed by atoms with Crippen LogP contribution in [0.1, 0.15) is 17.0 Å². The Hall–Kier alpha value is -3.98. The van der Waals surface area contributed by atoms with Crippen molar-refractivity contribution >= 4 is 23.4 Å². The van der Waals surface area contributed by atoms with Gasteiger partial charge in [0.15, 0.2) is 11.0 Å². The third-order valence-electron chi connectivity index (χ3n) is 5.35. The molecule has 0 aliphatic carbocycles. The largest absolute Gasteiger partial charge is 0.497 e. The van der Waals surface area contributed by atoms with E-state index < -0.39 is 0 Å². The second-order valence-electron chi connectivity index (χ2n) is 8.11. The van der Waals surface area contributed by atoms with Gasteiger partial charge in [-0.05, 0) is 38.1 Å². The van der Waals surface area contributed by atoms with Gasteiger partial charge in [-0.15, -0.1) is 10.2 Å². The highest BCUT2D eigenvalue weighted by Gasteiger charge is 2.17. The molecule has 4 aromatic rings. The third-order valence-corrected chi connectivity index (χ3v) is 6.28. The zero-order valence-corrected chi connectivity index (χ0v) is 21.5. The molecule has 1 aromatic heterocycles. The number of hydrogen-bond acceptors (Lipinski definition) is 7. The van der Waals surface area contributed by atoms with Gasteiger partial charge in [0.1, 0.15) is 23.9 Å². The summed E-state index contributed by atoms with van der Waals surface area (Å²) in [6, 6.07) is 21.1. The van der Waals surface area contributed by atoms with Crippen LogP contribution in [0.5, 0.6) is 17.2 Å². The summed E-state index contributed by atoms with van der Waals surface area (Å²) in [5.41, 5.74) is 3.79. The number of nitrogens with one attached hydrogen (secondary N) is 1. The summed E-state index contributed by atoms with van der Waals surface area (Å²) in [4.78, 5) is 12.7. The molecule has 0 spiro atoms. The van der Waals surface area contributed by atoms with Crippen molar-refractivity contribution in [2.75, 3.05) is 25.3 Å². The molecule has 9 heteroatoms. The predicted octanol–water partition coefficient (Wildman–Crippen LogP) is 5.21. The van der Waals surface area contributed by atoms with Crippen molar-refractivity contribution in [2.45, 2.75) is 25.6 Å². The van der Waals surface area contributed by atoms with Crippen LogP contribution in [0.4, 0.5) is 5.69 Å². The van der Waals surface area contributed by atoms with Crippen LogP contribution in [0.3, 0.4) is 0 Å². The molecule has 0 bridgehead atoms. The van der Waals surface area contributed by atoms with E-state index in [2.05, 4.69) is 15.5 Å². The van der Waals surface area contributed by atoms with Gasteiger partial charge in [-0.25, -0.2) is 0 Å². The number of aryl methyl sites for hydroxylation is 2. The lowest BCUT2D eigenvalue weighted by atomic mass is 10.2. The molecule has 1 amide bonds. The van der Waals surface area contributed by atoms with E-state index in [4.69, 9.17) is 14.2 Å². The molecule has 36 heavy (non-hydrogen) atoms. The van der Waals surface area contributed by atoms with Crippen LogP contribution in [0.25, 0.3) is 5.69 Å². The number of rotatable bonds is 10. The summed E-state index contributed by atoms with van der Waals surface area (Å²) < 4.78 is 18.4. The Morgan fingerprint density at radius 2 is 1.47 bits per heavy atom. The number of carbonyl (C=O) groups is 1. The highest BCUT2D eigenvalue weighted by atomic mass is 32.2. The molecule has 8 nitrogen and oxygen atoms in total. The predicted molar refractivity (Wildman–Crippen MR) is 141 cm³/mol. The van der Waals surface area contributed by atoms with Gasteiger partial charge in [-0.1, -0.05) is 47.2 Å². The lowest BCUT2D eigenvalue weighted by Gasteiger charge is -2.12. The maximum Gasteiger partial charge on any atom is 0.234 e. The van der Waals surface area contributed by atoms with E-state index in [1.54, 1.807) is 32.4 Å². The number of aromatic nitrogens is 3. The molecule has 1 N–H and O–H groups in total. The zero-order chi connectivity index (χ0) is 25.5. The number of thioether (sulfide) groups is 1. The first-order valence-corrected chi connectivity index (χ1v) is 12.3. The fourth-order valence-electron chi connectivity index (χ4n) is 3.43. The van der Waals surface area contributed by atoms with Gasteiger partial charge < -0.3 is 19.5 Å². The first kappa shape index (κ1) is 25.1. The topological polar surface area (TPSA) is 87.5 Å².